The van der Waals surface area contributed by atoms with E-state index in [0.717, 1.165) is 16.8 Å². The van der Waals surface area contributed by atoms with Crippen LogP contribution in [0.3, 0.4) is 0 Å². The van der Waals surface area contributed by atoms with Crippen molar-refractivity contribution in [2.75, 3.05) is 5.32 Å². The molecule has 0 saturated heterocycles. The second-order valence-electron chi connectivity index (χ2n) is 7.07. The number of phenolic OH excluding ortho intramolecular Hbond substituents is 1. The highest BCUT2D eigenvalue weighted by Crippen LogP contribution is 2.29. The molecule has 4 N–H and O–H groups in total. The number of allylic oxidation sites excluding steroid dienone is 1. The van der Waals surface area contributed by atoms with Crippen LogP contribution < -0.4 is 10.8 Å². The van der Waals surface area contributed by atoms with E-state index in [0.29, 0.717) is 30.5 Å². The summed E-state index contributed by atoms with van der Waals surface area (Å²) in [6.45, 7) is 0. The summed E-state index contributed by atoms with van der Waals surface area (Å²) in [6, 6.07) is 16.9. The van der Waals surface area contributed by atoms with E-state index in [4.69, 9.17) is 9.94 Å². The fourth-order valence-corrected chi connectivity index (χ4v) is 3.27. The van der Waals surface area contributed by atoms with E-state index in [-0.39, 0.29) is 0 Å². The molecule has 0 heterocycles. The summed E-state index contributed by atoms with van der Waals surface area (Å²) in [5.74, 6) is -1.95. The minimum atomic E-state index is -0.815. The lowest BCUT2D eigenvalue weighted by Gasteiger charge is -2.19. The molecule has 0 aliphatic rings. The molecule has 0 aliphatic carbocycles. The van der Waals surface area contributed by atoms with Crippen molar-refractivity contribution in [3.8, 4) is 5.75 Å². The fraction of sp³-hybridized carbons (Fsp3) is 0.167. The Morgan fingerprint density at radius 2 is 1.88 bits per heavy atom. The first-order valence-corrected chi connectivity index (χ1v) is 10.0. The van der Waals surface area contributed by atoms with Gasteiger partial charge in [-0.05, 0) is 48.4 Å². The predicted molar refractivity (Wildman–Crippen MR) is 118 cm³/mol. The van der Waals surface area contributed by atoms with Gasteiger partial charge in [-0.1, -0.05) is 48.5 Å². The quantitative estimate of drug-likeness (QED) is 0.167. The van der Waals surface area contributed by atoms with E-state index in [1.807, 2.05) is 36.4 Å². The molecule has 0 aliphatic heterocycles. The summed E-state index contributed by atoms with van der Waals surface area (Å²) in [5, 5.41) is 22.5. The number of carbonyl (C=O) groups is 2. The van der Waals surface area contributed by atoms with Crippen LogP contribution in [0, 0.1) is 5.82 Å². The lowest BCUT2D eigenvalue weighted by atomic mass is 10.0. The van der Waals surface area contributed by atoms with Gasteiger partial charge in [0.15, 0.2) is 11.6 Å². The number of carbonyl (C=O) groups excluding carboxylic acids is 2. The van der Waals surface area contributed by atoms with Crippen molar-refractivity contribution >= 4 is 28.5 Å². The number of halogens is 1. The van der Waals surface area contributed by atoms with E-state index in [9.17, 15) is 19.1 Å². The normalized spacial score (nSPS) is 11.9. The second kappa shape index (κ2) is 10.9. The number of amides is 2. The highest BCUT2D eigenvalue weighted by Gasteiger charge is 2.19. The van der Waals surface area contributed by atoms with Gasteiger partial charge in [0.2, 0.25) is 0 Å². The van der Waals surface area contributed by atoms with Gasteiger partial charge in [0.05, 0.1) is 5.69 Å². The van der Waals surface area contributed by atoms with Crippen molar-refractivity contribution < 1.29 is 29.0 Å². The van der Waals surface area contributed by atoms with Crippen LogP contribution in [-0.2, 0) is 9.53 Å². The molecule has 0 radical (unpaired) electrons. The summed E-state index contributed by atoms with van der Waals surface area (Å²) < 4.78 is 19.5. The van der Waals surface area contributed by atoms with Gasteiger partial charge >= 0.3 is 6.09 Å². The molecule has 7 nitrogen and oxygen atoms in total. The summed E-state index contributed by atoms with van der Waals surface area (Å²) in [6.07, 6.45) is 2.61. The molecule has 0 aromatic heterocycles. The zero-order valence-electron chi connectivity index (χ0n) is 17.1. The average molecular weight is 438 g/mol. The third-order valence-electron chi connectivity index (χ3n) is 4.84. The molecule has 0 unspecified atom stereocenters. The summed E-state index contributed by atoms with van der Waals surface area (Å²) >= 11 is 0. The Balaban J connectivity index is 1.72. The van der Waals surface area contributed by atoms with Crippen molar-refractivity contribution in [1.82, 2.24) is 5.48 Å². The van der Waals surface area contributed by atoms with E-state index < -0.39 is 29.7 Å². The van der Waals surface area contributed by atoms with Gasteiger partial charge in [-0.25, -0.2) is 14.7 Å². The zero-order chi connectivity index (χ0) is 22.9. The lowest BCUT2D eigenvalue weighted by molar-refractivity contribution is -0.124. The summed E-state index contributed by atoms with van der Waals surface area (Å²) in [7, 11) is 0. The smallest absolute Gasteiger partial charge is 0.412 e. The molecule has 0 fully saturated rings. The van der Waals surface area contributed by atoms with Gasteiger partial charge < -0.3 is 9.84 Å². The number of aromatic hydroxyl groups is 1. The van der Waals surface area contributed by atoms with Crippen molar-refractivity contribution in [3.63, 3.8) is 0 Å². The molecule has 32 heavy (non-hydrogen) atoms. The van der Waals surface area contributed by atoms with Crippen LogP contribution >= 0.6 is 0 Å². The molecule has 0 bridgehead atoms. The summed E-state index contributed by atoms with van der Waals surface area (Å²) in [4.78, 5) is 23.7. The molecule has 2 amide bonds. The molecule has 3 aromatic rings. The standard InChI is InChI=1S/C24H23FN2O5/c25-19-15-17(13-14-21(19)28)22(11-2-1-3-12-23(29)27-31)32-24(30)26-20-10-6-8-16-7-4-5-9-18(16)20/h3-10,12-15,22,28,31H,1-2,11H2,(H,26,30)(H,27,29)/b12-3+/t22-/m0/s1. The molecule has 0 saturated carbocycles. The molecular weight excluding hydrogens is 415 g/mol. The molecule has 1 atom stereocenters. The monoisotopic (exact) mass is 438 g/mol. The average Bonchev–Trinajstić information content (AvgIpc) is 2.80. The number of rotatable bonds is 8. The zero-order valence-corrected chi connectivity index (χ0v) is 17.1. The van der Waals surface area contributed by atoms with E-state index in [1.54, 1.807) is 12.1 Å². The van der Waals surface area contributed by atoms with Crippen LogP contribution in [0.5, 0.6) is 5.75 Å². The van der Waals surface area contributed by atoms with Gasteiger partial charge in [-0.3, -0.25) is 15.3 Å². The Morgan fingerprint density at radius 3 is 2.66 bits per heavy atom. The van der Waals surface area contributed by atoms with Crippen molar-refractivity contribution in [1.29, 1.82) is 0 Å². The maximum Gasteiger partial charge on any atom is 0.412 e. The van der Waals surface area contributed by atoms with Crippen LogP contribution in [0.4, 0.5) is 14.9 Å². The molecule has 166 valence electrons. The second-order valence-corrected chi connectivity index (χ2v) is 7.07. The maximum absolute atomic E-state index is 13.9. The van der Waals surface area contributed by atoms with Crippen molar-refractivity contribution in [3.05, 3.63) is 84.2 Å². The highest BCUT2D eigenvalue weighted by atomic mass is 19.1. The Kier molecular flexibility index (Phi) is 7.77. The maximum atomic E-state index is 13.9. The highest BCUT2D eigenvalue weighted by molar-refractivity contribution is 6.00. The number of hydroxylamine groups is 1. The Hall–Kier alpha value is -3.91. The minimum Gasteiger partial charge on any atom is -0.505 e. The Labute approximate surface area is 184 Å². The van der Waals surface area contributed by atoms with Crippen molar-refractivity contribution in [2.24, 2.45) is 0 Å². The van der Waals surface area contributed by atoms with Crippen LogP contribution in [0.25, 0.3) is 10.8 Å². The van der Waals surface area contributed by atoms with E-state index in [1.165, 1.54) is 23.7 Å². The summed E-state index contributed by atoms with van der Waals surface area (Å²) in [5.41, 5.74) is 2.47. The van der Waals surface area contributed by atoms with Crippen LogP contribution in [-0.4, -0.2) is 22.3 Å². The third kappa shape index (κ3) is 6.05. The molecular formula is C24H23FN2O5. The topological polar surface area (TPSA) is 108 Å². The molecule has 0 spiro atoms. The lowest BCUT2D eigenvalue weighted by Crippen LogP contribution is -2.18. The minimum absolute atomic E-state index is 0.345. The molecule has 8 heteroatoms. The number of benzene rings is 3. The number of unbranched alkanes of at least 4 members (excludes halogenated alkanes) is 1. The van der Waals surface area contributed by atoms with Crippen LogP contribution in [0.2, 0.25) is 0 Å². The van der Waals surface area contributed by atoms with E-state index in [2.05, 4.69) is 5.32 Å². The van der Waals surface area contributed by atoms with Crippen molar-refractivity contribution in [2.45, 2.75) is 25.4 Å². The van der Waals surface area contributed by atoms with Gasteiger partial charge in [-0.15, -0.1) is 0 Å². The third-order valence-corrected chi connectivity index (χ3v) is 4.84. The Bertz CT molecular complexity index is 1130. The number of hydrogen-bond acceptors (Lipinski definition) is 5. The number of fused-ring (bicyclic) bond motifs is 1. The molecule has 3 aromatic carbocycles. The van der Waals surface area contributed by atoms with Gasteiger partial charge in [0.25, 0.3) is 5.91 Å². The number of hydrogen-bond donors (Lipinski definition) is 4. The number of nitrogens with one attached hydrogen (secondary N) is 2. The number of ether oxygens (including phenoxy) is 1. The largest absolute Gasteiger partial charge is 0.505 e. The van der Waals surface area contributed by atoms with E-state index >= 15 is 0 Å². The molecule has 3 rings (SSSR count). The van der Waals surface area contributed by atoms with Crippen LogP contribution in [0.1, 0.15) is 30.9 Å². The first kappa shape index (κ1) is 22.8. The fourth-order valence-electron chi connectivity index (χ4n) is 3.27. The SMILES string of the molecule is O=C(/C=C/CCC[C@H](OC(=O)Nc1cccc2ccccc12)c1ccc(O)c(F)c1)NO. The van der Waals surface area contributed by atoms with Gasteiger partial charge in [0, 0.05) is 11.5 Å². The van der Waals surface area contributed by atoms with Gasteiger partial charge in [0.1, 0.15) is 6.10 Å². The Morgan fingerprint density at radius 1 is 1.09 bits per heavy atom. The predicted octanol–water partition coefficient (Wildman–Crippen LogP) is 5.21. The number of phenols is 1. The number of anilines is 1. The van der Waals surface area contributed by atoms with Gasteiger partial charge in [-0.2, -0.15) is 0 Å². The first-order valence-electron chi connectivity index (χ1n) is 10.0. The van der Waals surface area contributed by atoms with Crippen LogP contribution in [0.15, 0.2) is 72.8 Å². The first-order chi connectivity index (χ1) is 15.5.